The van der Waals surface area contributed by atoms with Crippen molar-refractivity contribution in [2.75, 3.05) is 0 Å². The van der Waals surface area contributed by atoms with Crippen LogP contribution in [0.5, 0.6) is 0 Å². The Hall–Kier alpha value is -2.02. The summed E-state index contributed by atoms with van der Waals surface area (Å²) < 4.78 is 12.9. The van der Waals surface area contributed by atoms with Gasteiger partial charge in [0.2, 0.25) is 11.8 Å². The molecule has 0 fully saturated rings. The molecule has 0 unspecified atom stereocenters. The van der Waals surface area contributed by atoms with E-state index in [4.69, 9.17) is 13.8 Å². The number of pyridine rings is 1. The third-order valence-corrected chi connectivity index (χ3v) is 5.69. The number of nitrogens with zero attached hydrogens (tertiary/aromatic N) is 3. The van der Waals surface area contributed by atoms with Crippen molar-refractivity contribution in [3.8, 4) is 45.7 Å². The summed E-state index contributed by atoms with van der Waals surface area (Å²) in [5, 5.41) is 0. The Bertz CT molecular complexity index is 1230. The molecule has 0 aliphatic carbocycles. The zero-order valence-electron chi connectivity index (χ0n) is 16.1. The molecule has 3 aromatic heterocycles. The van der Waals surface area contributed by atoms with Crippen LogP contribution in [0, 0.1) is 0 Å². The number of aromatic nitrogens is 3. The summed E-state index contributed by atoms with van der Waals surface area (Å²) in [6.45, 7) is 0. The molecule has 0 amide bonds. The Labute approximate surface area is 221 Å². The maximum Gasteiger partial charge on any atom is 0.246 e. The Morgan fingerprint density at radius 3 is 1.38 bits per heavy atom. The first-order valence-electron chi connectivity index (χ1n) is 9.08. The second-order valence-electron chi connectivity index (χ2n) is 6.46. The second kappa shape index (κ2) is 10.7. The van der Waals surface area contributed by atoms with Gasteiger partial charge in [-0.2, -0.15) is 0 Å². The number of hydrogen-bond donors (Lipinski definition) is 0. The monoisotopic (exact) mass is 639 g/mol. The van der Waals surface area contributed by atoms with Crippen molar-refractivity contribution in [1.82, 2.24) is 15.0 Å². The largest absolute Gasteiger partial charge is 0.443 e. The van der Waals surface area contributed by atoms with Gasteiger partial charge in [-0.25, -0.2) is 15.0 Å². The molecule has 0 saturated carbocycles. The van der Waals surface area contributed by atoms with Gasteiger partial charge < -0.3 is 8.83 Å². The Balaban J connectivity index is 0.00000144. The minimum Gasteiger partial charge on any atom is -0.443 e. The van der Waals surface area contributed by atoms with E-state index in [1.807, 2.05) is 66.7 Å². The fourth-order valence-corrected chi connectivity index (χ4v) is 4.30. The molecular weight excluding hydrogens is 628 g/mol. The van der Waals surface area contributed by atoms with Gasteiger partial charge in [0, 0.05) is 53.6 Å². The van der Waals surface area contributed by atoms with Crippen LogP contribution in [-0.2, 0) is 33.6 Å². The maximum atomic E-state index is 5.72. The predicted molar refractivity (Wildman–Crippen MR) is 122 cm³/mol. The molecule has 3 heterocycles. The van der Waals surface area contributed by atoms with Gasteiger partial charge in [0.1, 0.15) is 35.3 Å². The van der Waals surface area contributed by atoms with E-state index in [9.17, 15) is 0 Å². The van der Waals surface area contributed by atoms with Crippen molar-refractivity contribution in [3.63, 3.8) is 0 Å². The van der Waals surface area contributed by atoms with Crippen molar-refractivity contribution in [2.24, 2.45) is 0 Å². The molecule has 32 heavy (non-hydrogen) atoms. The third-order valence-electron chi connectivity index (χ3n) is 4.48. The van der Waals surface area contributed by atoms with E-state index in [0.29, 0.717) is 23.2 Å². The SMILES string of the molecule is Brc1cc(Br)c(-c2nc(-c3ccccc3)co2)nc1-c1nc(-c2ccccc2)co1.[Co].[Co]. The van der Waals surface area contributed by atoms with E-state index in [0.717, 1.165) is 31.5 Å². The van der Waals surface area contributed by atoms with Gasteiger partial charge in [0.25, 0.3) is 0 Å². The smallest absolute Gasteiger partial charge is 0.246 e. The van der Waals surface area contributed by atoms with Crippen LogP contribution in [0.1, 0.15) is 0 Å². The van der Waals surface area contributed by atoms with Crippen LogP contribution in [0.25, 0.3) is 45.7 Å². The molecule has 164 valence electrons. The summed E-state index contributed by atoms with van der Waals surface area (Å²) in [5.41, 5.74) is 4.56. The standard InChI is InChI=1S/C23H13Br2N3O2.2Co/c24-16-11-17(25)21(23-27-19(13-30-23)15-9-5-2-6-10-15)28-20(16)22-26-18(12-29-22)14-7-3-1-4-8-14;;/h1-13H;;. The van der Waals surface area contributed by atoms with Crippen LogP contribution >= 0.6 is 31.9 Å². The maximum absolute atomic E-state index is 5.72. The summed E-state index contributed by atoms with van der Waals surface area (Å²) in [6.07, 6.45) is 3.25. The number of halogens is 2. The number of hydrogen-bond acceptors (Lipinski definition) is 5. The zero-order valence-corrected chi connectivity index (χ0v) is 21.3. The van der Waals surface area contributed by atoms with Crippen LogP contribution in [0.2, 0.25) is 0 Å². The normalized spacial score (nSPS) is 10.3. The molecule has 0 spiro atoms. The van der Waals surface area contributed by atoms with Gasteiger partial charge in [-0.15, -0.1) is 0 Å². The van der Waals surface area contributed by atoms with Crippen molar-refractivity contribution >= 4 is 31.9 Å². The number of benzene rings is 2. The first-order chi connectivity index (χ1) is 14.7. The molecule has 0 aliphatic rings. The molecule has 5 aromatic rings. The fraction of sp³-hybridized carbons (Fsp3) is 0. The van der Waals surface area contributed by atoms with Crippen LogP contribution in [-0.4, -0.2) is 15.0 Å². The van der Waals surface area contributed by atoms with Gasteiger partial charge >= 0.3 is 0 Å². The zero-order chi connectivity index (χ0) is 20.5. The number of oxazole rings is 2. The van der Waals surface area contributed by atoms with E-state index >= 15 is 0 Å². The van der Waals surface area contributed by atoms with Crippen molar-refractivity contribution in [3.05, 3.63) is 88.2 Å². The molecule has 2 aromatic carbocycles. The summed E-state index contributed by atoms with van der Waals surface area (Å²) in [4.78, 5) is 13.9. The van der Waals surface area contributed by atoms with Crippen molar-refractivity contribution in [1.29, 1.82) is 0 Å². The third kappa shape index (κ3) is 4.98. The first-order valence-corrected chi connectivity index (χ1v) is 10.7. The molecule has 0 aliphatic heterocycles. The van der Waals surface area contributed by atoms with E-state index in [1.54, 1.807) is 12.5 Å². The minimum absolute atomic E-state index is 0. The first kappa shape index (κ1) is 24.6. The van der Waals surface area contributed by atoms with Gasteiger partial charge in [0.05, 0.1) is 0 Å². The minimum atomic E-state index is 0. The van der Waals surface area contributed by atoms with Gasteiger partial charge in [-0.3, -0.25) is 0 Å². The Kier molecular flexibility index (Phi) is 8.26. The predicted octanol–water partition coefficient (Wildman–Crippen LogP) is 7.25. The summed E-state index contributed by atoms with van der Waals surface area (Å²) in [7, 11) is 0. The molecule has 9 heteroatoms. The molecule has 5 nitrogen and oxygen atoms in total. The van der Waals surface area contributed by atoms with Gasteiger partial charge in [0.15, 0.2) is 0 Å². The van der Waals surface area contributed by atoms with E-state index in [-0.39, 0.29) is 33.6 Å². The van der Waals surface area contributed by atoms with Crippen LogP contribution in [0.15, 0.2) is 97.0 Å². The molecular formula is C23H13Br2Co2N3O2. The number of rotatable bonds is 4. The van der Waals surface area contributed by atoms with Gasteiger partial charge in [-0.05, 0) is 37.9 Å². The molecule has 0 saturated heterocycles. The van der Waals surface area contributed by atoms with Gasteiger partial charge in [-0.1, -0.05) is 60.7 Å². The summed E-state index contributed by atoms with van der Waals surface area (Å²) in [6, 6.07) is 21.6. The van der Waals surface area contributed by atoms with E-state index in [2.05, 4.69) is 41.8 Å². The van der Waals surface area contributed by atoms with E-state index in [1.165, 1.54) is 0 Å². The average Bonchev–Trinajstić information content (AvgIpc) is 3.46. The quantitative estimate of drug-likeness (QED) is 0.207. The molecule has 5 rings (SSSR count). The average molecular weight is 641 g/mol. The summed E-state index contributed by atoms with van der Waals surface area (Å²) >= 11 is 7.11. The van der Waals surface area contributed by atoms with Crippen LogP contribution in [0.3, 0.4) is 0 Å². The summed E-state index contributed by atoms with van der Waals surface area (Å²) in [5.74, 6) is 0.814. The molecule has 0 N–H and O–H groups in total. The Morgan fingerprint density at radius 1 is 0.562 bits per heavy atom. The fourth-order valence-electron chi connectivity index (χ4n) is 3.01. The molecule has 0 atom stereocenters. The molecule has 2 radical (unpaired) electrons. The molecule has 0 bridgehead atoms. The second-order valence-corrected chi connectivity index (χ2v) is 8.17. The van der Waals surface area contributed by atoms with Crippen molar-refractivity contribution < 1.29 is 42.4 Å². The topological polar surface area (TPSA) is 65.0 Å². The van der Waals surface area contributed by atoms with Crippen molar-refractivity contribution in [2.45, 2.75) is 0 Å². The van der Waals surface area contributed by atoms with Crippen LogP contribution < -0.4 is 0 Å². The van der Waals surface area contributed by atoms with E-state index < -0.39 is 0 Å². The Morgan fingerprint density at radius 2 is 0.969 bits per heavy atom. The van der Waals surface area contributed by atoms with Crippen LogP contribution in [0.4, 0.5) is 0 Å².